The van der Waals surface area contributed by atoms with Gasteiger partial charge < -0.3 is 19.1 Å². The molecule has 2 aromatic carbocycles. The van der Waals surface area contributed by atoms with Crippen LogP contribution < -0.4 is 9.47 Å². The van der Waals surface area contributed by atoms with E-state index in [1.807, 2.05) is 23.1 Å². The number of morpholine rings is 1. The molecule has 0 bridgehead atoms. The van der Waals surface area contributed by atoms with E-state index in [1.165, 1.54) is 11.1 Å². The van der Waals surface area contributed by atoms with E-state index >= 15 is 0 Å². The minimum absolute atomic E-state index is 0.0357. The summed E-state index contributed by atoms with van der Waals surface area (Å²) in [6, 6.07) is 14.5. The van der Waals surface area contributed by atoms with Gasteiger partial charge in [0.15, 0.2) is 11.5 Å². The average Bonchev–Trinajstić information content (AvgIpc) is 3.31. The summed E-state index contributed by atoms with van der Waals surface area (Å²) in [5.41, 5.74) is 3.72. The molecule has 0 spiro atoms. The van der Waals surface area contributed by atoms with Crippen LogP contribution in [0, 0.1) is 5.92 Å². The lowest BCUT2D eigenvalue weighted by Crippen LogP contribution is -2.45. The van der Waals surface area contributed by atoms with Crippen LogP contribution in [0.4, 0.5) is 0 Å². The maximum Gasteiger partial charge on any atom is 0.231 e. The zero-order valence-corrected chi connectivity index (χ0v) is 17.9. The van der Waals surface area contributed by atoms with Crippen molar-refractivity contribution in [2.75, 3.05) is 46.2 Å². The fraction of sp³-hybridized carbons (Fsp3) is 0.480. The molecule has 3 aliphatic rings. The van der Waals surface area contributed by atoms with E-state index < -0.39 is 0 Å². The summed E-state index contributed by atoms with van der Waals surface area (Å²) in [7, 11) is 0. The Labute approximate surface area is 183 Å². The van der Waals surface area contributed by atoms with Crippen molar-refractivity contribution in [2.24, 2.45) is 5.92 Å². The SMILES string of the molecule is O=C([C@H]1CCc2ccccc2C1)N(CCN1CCOCC1)Cc1cccc2c1OCO2. The molecular formula is C25H30N2O4. The molecule has 1 amide bonds. The van der Waals surface area contributed by atoms with Gasteiger partial charge in [0.2, 0.25) is 12.7 Å². The first-order valence-corrected chi connectivity index (χ1v) is 11.3. The Kier molecular flexibility index (Phi) is 6.09. The number of benzene rings is 2. The normalized spacial score (nSPS) is 20.3. The predicted molar refractivity (Wildman–Crippen MR) is 117 cm³/mol. The summed E-state index contributed by atoms with van der Waals surface area (Å²) in [5, 5.41) is 0. The third-order valence-electron chi connectivity index (χ3n) is 6.64. The molecule has 0 N–H and O–H groups in total. The number of carbonyl (C=O) groups is 1. The lowest BCUT2D eigenvalue weighted by Gasteiger charge is -2.33. The van der Waals surface area contributed by atoms with Gasteiger partial charge in [0.1, 0.15) is 0 Å². The van der Waals surface area contributed by atoms with Crippen LogP contribution in [0.2, 0.25) is 0 Å². The number of amides is 1. The van der Waals surface area contributed by atoms with Gasteiger partial charge in [0.05, 0.1) is 13.2 Å². The highest BCUT2D eigenvalue weighted by molar-refractivity contribution is 5.79. The molecule has 164 valence electrons. The number of fused-ring (bicyclic) bond motifs is 2. The standard InChI is InChI=1S/C25H30N2O4/c28-25(21-9-8-19-4-1-2-5-20(19)16-21)27(11-10-26-12-14-29-15-13-26)17-22-6-3-7-23-24(22)31-18-30-23/h1-7,21H,8-18H2/t21-/m0/s1. The second-order valence-corrected chi connectivity index (χ2v) is 8.57. The van der Waals surface area contributed by atoms with Crippen LogP contribution in [0.5, 0.6) is 11.5 Å². The molecule has 6 heteroatoms. The largest absolute Gasteiger partial charge is 0.454 e. The lowest BCUT2D eigenvalue weighted by atomic mass is 9.83. The average molecular weight is 423 g/mol. The van der Waals surface area contributed by atoms with Crippen LogP contribution in [-0.4, -0.2) is 61.9 Å². The van der Waals surface area contributed by atoms with Crippen LogP contribution >= 0.6 is 0 Å². The van der Waals surface area contributed by atoms with Crippen molar-refractivity contribution >= 4 is 5.91 Å². The molecule has 1 atom stereocenters. The Bertz CT molecular complexity index is 925. The summed E-state index contributed by atoms with van der Waals surface area (Å²) in [6.07, 6.45) is 2.72. The van der Waals surface area contributed by atoms with Crippen molar-refractivity contribution in [1.82, 2.24) is 9.80 Å². The third-order valence-corrected chi connectivity index (χ3v) is 6.64. The molecule has 1 fully saturated rings. The molecule has 0 unspecified atom stereocenters. The molecule has 6 nitrogen and oxygen atoms in total. The maximum atomic E-state index is 13.7. The molecule has 1 saturated heterocycles. The van der Waals surface area contributed by atoms with Crippen molar-refractivity contribution in [3.05, 3.63) is 59.2 Å². The smallest absolute Gasteiger partial charge is 0.231 e. The Morgan fingerprint density at radius 2 is 1.87 bits per heavy atom. The minimum Gasteiger partial charge on any atom is -0.454 e. The van der Waals surface area contributed by atoms with Gasteiger partial charge in [-0.25, -0.2) is 0 Å². The quantitative estimate of drug-likeness (QED) is 0.717. The first-order chi connectivity index (χ1) is 15.3. The Balaban J connectivity index is 1.33. The fourth-order valence-corrected chi connectivity index (χ4v) is 4.84. The van der Waals surface area contributed by atoms with E-state index in [0.29, 0.717) is 13.1 Å². The second kappa shape index (κ2) is 9.28. The van der Waals surface area contributed by atoms with E-state index in [0.717, 1.165) is 69.2 Å². The summed E-state index contributed by atoms with van der Waals surface area (Å²) < 4.78 is 16.7. The van der Waals surface area contributed by atoms with Crippen LogP contribution in [0.25, 0.3) is 0 Å². The number of ether oxygens (including phenoxy) is 3. The van der Waals surface area contributed by atoms with E-state index in [9.17, 15) is 4.79 Å². The van der Waals surface area contributed by atoms with E-state index in [2.05, 4.69) is 29.2 Å². The Hall–Kier alpha value is -2.57. The molecule has 2 aliphatic heterocycles. The number of para-hydroxylation sites is 1. The fourth-order valence-electron chi connectivity index (χ4n) is 4.84. The lowest BCUT2D eigenvalue weighted by molar-refractivity contribution is -0.137. The second-order valence-electron chi connectivity index (χ2n) is 8.57. The van der Waals surface area contributed by atoms with E-state index in [-0.39, 0.29) is 18.6 Å². The first kappa shape index (κ1) is 20.3. The molecule has 2 aromatic rings. The highest BCUT2D eigenvalue weighted by atomic mass is 16.7. The number of carbonyl (C=O) groups excluding carboxylic acids is 1. The van der Waals surface area contributed by atoms with E-state index in [1.54, 1.807) is 0 Å². The first-order valence-electron chi connectivity index (χ1n) is 11.3. The number of rotatable bonds is 6. The molecule has 0 saturated carbocycles. The Morgan fingerprint density at radius 3 is 2.74 bits per heavy atom. The van der Waals surface area contributed by atoms with Gasteiger partial charge in [0, 0.05) is 44.2 Å². The van der Waals surface area contributed by atoms with Crippen molar-refractivity contribution in [3.63, 3.8) is 0 Å². The molecule has 31 heavy (non-hydrogen) atoms. The highest BCUT2D eigenvalue weighted by Gasteiger charge is 2.30. The summed E-state index contributed by atoms with van der Waals surface area (Å²) in [6.45, 7) is 5.76. The van der Waals surface area contributed by atoms with Crippen molar-refractivity contribution in [1.29, 1.82) is 0 Å². The number of hydrogen-bond acceptors (Lipinski definition) is 5. The monoisotopic (exact) mass is 422 g/mol. The number of hydrogen-bond donors (Lipinski definition) is 0. The number of aryl methyl sites for hydroxylation is 1. The zero-order valence-electron chi connectivity index (χ0n) is 17.9. The predicted octanol–water partition coefficient (Wildman–Crippen LogP) is 2.88. The summed E-state index contributed by atoms with van der Waals surface area (Å²) in [4.78, 5) is 18.1. The highest BCUT2D eigenvalue weighted by Crippen LogP contribution is 2.36. The van der Waals surface area contributed by atoms with Gasteiger partial charge in [-0.1, -0.05) is 36.4 Å². The van der Waals surface area contributed by atoms with Gasteiger partial charge in [-0.3, -0.25) is 9.69 Å². The molecule has 5 rings (SSSR count). The van der Waals surface area contributed by atoms with Gasteiger partial charge in [-0.2, -0.15) is 0 Å². The van der Waals surface area contributed by atoms with Crippen LogP contribution in [-0.2, 0) is 28.9 Å². The molecule has 0 aromatic heterocycles. The molecule has 2 heterocycles. The van der Waals surface area contributed by atoms with Crippen LogP contribution in [0.1, 0.15) is 23.1 Å². The molecule has 0 radical (unpaired) electrons. The van der Waals surface area contributed by atoms with Crippen molar-refractivity contribution in [2.45, 2.75) is 25.8 Å². The van der Waals surface area contributed by atoms with Gasteiger partial charge in [0.25, 0.3) is 0 Å². The van der Waals surface area contributed by atoms with Gasteiger partial charge in [-0.15, -0.1) is 0 Å². The van der Waals surface area contributed by atoms with E-state index in [4.69, 9.17) is 14.2 Å². The topological polar surface area (TPSA) is 51.2 Å². The Morgan fingerprint density at radius 1 is 1.03 bits per heavy atom. The third kappa shape index (κ3) is 4.55. The maximum absolute atomic E-state index is 13.7. The van der Waals surface area contributed by atoms with Gasteiger partial charge >= 0.3 is 0 Å². The summed E-state index contributed by atoms with van der Waals surface area (Å²) in [5.74, 6) is 1.83. The van der Waals surface area contributed by atoms with Crippen molar-refractivity contribution in [3.8, 4) is 11.5 Å². The zero-order chi connectivity index (χ0) is 21.0. The minimum atomic E-state index is 0.0357. The number of nitrogens with zero attached hydrogens (tertiary/aromatic N) is 2. The van der Waals surface area contributed by atoms with Crippen LogP contribution in [0.15, 0.2) is 42.5 Å². The molecule has 1 aliphatic carbocycles. The summed E-state index contributed by atoms with van der Waals surface area (Å²) >= 11 is 0. The van der Waals surface area contributed by atoms with Crippen molar-refractivity contribution < 1.29 is 19.0 Å². The van der Waals surface area contributed by atoms with Gasteiger partial charge in [-0.05, 0) is 36.5 Å². The van der Waals surface area contributed by atoms with Crippen LogP contribution in [0.3, 0.4) is 0 Å². The molecular weight excluding hydrogens is 392 g/mol.